The molecule has 0 fully saturated rings. The highest BCUT2D eigenvalue weighted by molar-refractivity contribution is 7.95. The quantitative estimate of drug-likeness (QED) is 0.915. The second-order valence-electron chi connectivity index (χ2n) is 4.03. The van der Waals surface area contributed by atoms with Crippen molar-refractivity contribution < 1.29 is 8.42 Å². The van der Waals surface area contributed by atoms with Gasteiger partial charge >= 0.3 is 0 Å². The molecule has 0 saturated carbocycles. The minimum atomic E-state index is -2.98. The highest BCUT2D eigenvalue weighted by Gasteiger charge is 2.26. The van der Waals surface area contributed by atoms with Crippen molar-refractivity contribution in [1.29, 1.82) is 0 Å². The lowest BCUT2D eigenvalue weighted by molar-refractivity contribution is 0.589. The Hall–Kier alpha value is -0.840. The van der Waals surface area contributed by atoms with Crippen LogP contribution in [0.5, 0.6) is 0 Å². The van der Waals surface area contributed by atoms with E-state index in [-0.39, 0.29) is 24.2 Å². The van der Waals surface area contributed by atoms with E-state index in [0.717, 1.165) is 5.56 Å². The van der Waals surface area contributed by atoms with Crippen LogP contribution in [0.3, 0.4) is 0 Å². The fourth-order valence-corrected chi connectivity index (χ4v) is 3.09. The highest BCUT2D eigenvalue weighted by Crippen LogP contribution is 2.17. The van der Waals surface area contributed by atoms with Gasteiger partial charge in [0, 0.05) is 17.5 Å². The molecule has 1 N–H and O–H groups in total. The van der Waals surface area contributed by atoms with Gasteiger partial charge in [-0.2, -0.15) is 0 Å². The number of rotatable bonds is 3. The Morgan fingerprint density at radius 1 is 1.29 bits per heavy atom. The second-order valence-corrected chi connectivity index (χ2v) is 6.24. The van der Waals surface area contributed by atoms with E-state index in [1.54, 1.807) is 13.0 Å². The number of nitrogens with one attached hydrogen (secondary N) is 1. The van der Waals surface area contributed by atoms with Gasteiger partial charge in [-0.1, -0.05) is 36.4 Å². The Morgan fingerprint density at radius 3 is 2.47 bits per heavy atom. The van der Waals surface area contributed by atoms with Gasteiger partial charge in [0.05, 0.1) is 5.75 Å². The molecule has 0 aliphatic carbocycles. The highest BCUT2D eigenvalue weighted by atomic mass is 35.5. The average molecular weight is 274 g/mol. The number of allylic oxidation sites excluding steroid dienone is 1. The molecule has 1 unspecified atom stereocenters. The van der Waals surface area contributed by atoms with Crippen LogP contribution in [0.25, 0.3) is 0 Å². The summed E-state index contributed by atoms with van der Waals surface area (Å²) in [5, 5.41) is 3.23. The van der Waals surface area contributed by atoms with E-state index in [9.17, 15) is 8.42 Å². The maximum Gasteiger partial charge on any atom is 0.175 e. The summed E-state index contributed by atoms with van der Waals surface area (Å²) >= 11 is 0. The second kappa shape index (κ2) is 5.67. The Labute approximate surface area is 108 Å². The largest absolute Gasteiger partial charge is 0.305 e. The third-order valence-electron chi connectivity index (χ3n) is 2.74. The van der Waals surface area contributed by atoms with Crippen molar-refractivity contribution in [3.63, 3.8) is 0 Å². The summed E-state index contributed by atoms with van der Waals surface area (Å²) in [6.45, 7) is 2.35. The van der Waals surface area contributed by atoms with Gasteiger partial charge in [0.15, 0.2) is 9.84 Å². The first-order valence-electron chi connectivity index (χ1n) is 5.26. The molecule has 1 atom stereocenters. The Balaban J connectivity index is 0.00000144. The lowest BCUT2D eigenvalue weighted by Crippen LogP contribution is -2.29. The molecule has 1 heterocycles. The van der Waals surface area contributed by atoms with Crippen molar-refractivity contribution in [3.05, 3.63) is 46.9 Å². The number of sulfone groups is 1. The topological polar surface area (TPSA) is 46.2 Å². The number of halogens is 1. The molecule has 1 aliphatic heterocycles. The number of hydrogen-bond donors (Lipinski definition) is 1. The molecule has 1 aromatic rings. The summed E-state index contributed by atoms with van der Waals surface area (Å²) in [4.78, 5) is 0.484. The van der Waals surface area contributed by atoms with Gasteiger partial charge in [0.25, 0.3) is 0 Å². The van der Waals surface area contributed by atoms with Crippen molar-refractivity contribution in [1.82, 2.24) is 5.32 Å². The summed E-state index contributed by atoms with van der Waals surface area (Å²) < 4.78 is 23.0. The van der Waals surface area contributed by atoms with Crippen LogP contribution in [0.4, 0.5) is 0 Å². The molecule has 0 saturated heterocycles. The minimum Gasteiger partial charge on any atom is -0.305 e. The van der Waals surface area contributed by atoms with Crippen molar-refractivity contribution in [3.8, 4) is 0 Å². The fraction of sp³-hybridized carbons (Fsp3) is 0.333. The van der Waals surface area contributed by atoms with Crippen LogP contribution in [-0.2, 0) is 16.4 Å². The molecule has 1 aromatic carbocycles. The Morgan fingerprint density at radius 2 is 1.94 bits per heavy atom. The first kappa shape index (κ1) is 14.2. The van der Waals surface area contributed by atoms with E-state index < -0.39 is 9.84 Å². The van der Waals surface area contributed by atoms with E-state index in [2.05, 4.69) is 5.32 Å². The third kappa shape index (κ3) is 3.56. The predicted molar refractivity (Wildman–Crippen MR) is 71.9 cm³/mol. The number of benzene rings is 1. The van der Waals surface area contributed by atoms with Crippen LogP contribution in [0.1, 0.15) is 12.5 Å². The van der Waals surface area contributed by atoms with Crippen LogP contribution in [0.15, 0.2) is 41.3 Å². The van der Waals surface area contributed by atoms with Crippen LogP contribution in [0, 0.1) is 0 Å². The van der Waals surface area contributed by atoms with E-state index in [1.165, 1.54) is 0 Å². The first-order valence-corrected chi connectivity index (χ1v) is 6.92. The van der Waals surface area contributed by atoms with Gasteiger partial charge < -0.3 is 5.32 Å². The summed E-state index contributed by atoms with van der Waals surface area (Å²) in [6.07, 6.45) is 1.79. The lowest BCUT2D eigenvalue weighted by Gasteiger charge is -2.09. The fourth-order valence-electron chi connectivity index (χ4n) is 1.77. The molecule has 0 spiro atoms. The third-order valence-corrected chi connectivity index (χ3v) is 4.65. The summed E-state index contributed by atoms with van der Waals surface area (Å²) in [5.41, 5.74) is 1.16. The summed E-state index contributed by atoms with van der Waals surface area (Å²) in [5.74, 6) is 0.186. The molecular weight excluding hydrogens is 258 g/mol. The maximum atomic E-state index is 11.5. The van der Waals surface area contributed by atoms with Crippen molar-refractivity contribution >= 4 is 22.2 Å². The zero-order valence-electron chi connectivity index (χ0n) is 9.59. The van der Waals surface area contributed by atoms with Crippen molar-refractivity contribution in [2.24, 2.45) is 0 Å². The zero-order valence-corrected chi connectivity index (χ0v) is 11.2. The van der Waals surface area contributed by atoms with Gasteiger partial charge in [-0.25, -0.2) is 8.42 Å². The smallest absolute Gasteiger partial charge is 0.175 e. The monoisotopic (exact) mass is 273 g/mol. The molecule has 3 nitrogen and oxygen atoms in total. The number of hydrogen-bond acceptors (Lipinski definition) is 3. The standard InChI is InChI=1S/C12H15NO2S.ClH/c1-10-7-12(9-16(10,14)15)13-8-11-5-3-2-4-6-11;/h2-7,12-13H,8-9H2,1H3;1H. The molecule has 17 heavy (non-hydrogen) atoms. The first-order chi connectivity index (χ1) is 7.58. The van der Waals surface area contributed by atoms with Gasteiger partial charge in [-0.15, -0.1) is 12.4 Å². The molecule has 0 bridgehead atoms. The molecule has 0 amide bonds. The van der Waals surface area contributed by atoms with Gasteiger partial charge in [0.1, 0.15) is 0 Å². The van der Waals surface area contributed by atoms with Gasteiger partial charge in [0.2, 0.25) is 0 Å². The summed E-state index contributed by atoms with van der Waals surface area (Å²) in [7, 11) is -2.98. The van der Waals surface area contributed by atoms with Crippen molar-refractivity contribution in [2.75, 3.05) is 5.75 Å². The zero-order chi connectivity index (χ0) is 11.6. The average Bonchev–Trinajstić information content (AvgIpc) is 2.52. The van der Waals surface area contributed by atoms with Crippen LogP contribution >= 0.6 is 12.4 Å². The minimum absolute atomic E-state index is 0. The summed E-state index contributed by atoms with van der Waals surface area (Å²) in [6, 6.07) is 9.91. The van der Waals surface area contributed by atoms with Crippen LogP contribution < -0.4 is 5.32 Å². The predicted octanol–water partition coefficient (Wildman–Crippen LogP) is 1.90. The molecule has 2 rings (SSSR count). The maximum absolute atomic E-state index is 11.5. The molecule has 0 aromatic heterocycles. The van der Waals surface area contributed by atoms with E-state index >= 15 is 0 Å². The van der Waals surface area contributed by atoms with Crippen LogP contribution in [-0.4, -0.2) is 20.2 Å². The normalized spacial score (nSPS) is 21.7. The van der Waals surface area contributed by atoms with E-state index in [1.807, 2.05) is 30.3 Å². The Bertz CT molecular complexity index is 496. The Kier molecular flexibility index (Phi) is 4.74. The van der Waals surface area contributed by atoms with Crippen LogP contribution in [0.2, 0.25) is 0 Å². The lowest BCUT2D eigenvalue weighted by atomic mass is 10.2. The molecule has 94 valence electrons. The molecular formula is C12H16ClNO2S. The SMILES string of the molecule is CC1=CC(NCc2ccccc2)CS1(=O)=O.Cl. The van der Waals surface area contributed by atoms with Gasteiger partial charge in [-0.05, 0) is 12.5 Å². The van der Waals surface area contributed by atoms with Gasteiger partial charge in [-0.3, -0.25) is 0 Å². The van der Waals surface area contributed by atoms with E-state index in [4.69, 9.17) is 0 Å². The van der Waals surface area contributed by atoms with Crippen molar-refractivity contribution in [2.45, 2.75) is 19.5 Å². The molecule has 1 aliphatic rings. The van der Waals surface area contributed by atoms with E-state index in [0.29, 0.717) is 11.4 Å². The molecule has 0 radical (unpaired) electrons. The molecule has 5 heteroatoms.